The highest BCUT2D eigenvalue weighted by molar-refractivity contribution is 7.26. The first-order valence-corrected chi connectivity index (χ1v) is 24.5. The Bertz CT molecular complexity index is 2360. The molecule has 0 aliphatic heterocycles. The van der Waals surface area contributed by atoms with Gasteiger partial charge in [-0.25, -0.2) is 0 Å². The maximum Gasteiger partial charge on any atom is 0.132 e. The van der Waals surface area contributed by atoms with Gasteiger partial charge in [-0.05, 0) is 70.8 Å². The van der Waals surface area contributed by atoms with Gasteiger partial charge in [0.25, 0.3) is 0 Å². The van der Waals surface area contributed by atoms with E-state index in [9.17, 15) is 0 Å². The molecule has 2 atom stereocenters. The number of aromatic nitrogens is 6. The lowest BCUT2D eigenvalue weighted by Crippen LogP contribution is -2.31. The minimum absolute atomic E-state index is 0.0935. The zero-order chi connectivity index (χ0) is 37.5. The van der Waals surface area contributed by atoms with Gasteiger partial charge in [-0.2, -0.15) is 17.5 Å². The first kappa shape index (κ1) is 37.3. The van der Waals surface area contributed by atoms with E-state index in [1.807, 2.05) is 35.1 Å². The molecule has 0 saturated heterocycles. The second-order valence-corrected chi connectivity index (χ2v) is 20.0. The summed E-state index contributed by atoms with van der Waals surface area (Å²) in [7, 11) is 0. The van der Waals surface area contributed by atoms with Gasteiger partial charge in [0.15, 0.2) is 0 Å². The summed E-state index contributed by atoms with van der Waals surface area (Å²) in [5.41, 5.74) is 10.7. The second kappa shape index (κ2) is 15.9. The van der Waals surface area contributed by atoms with E-state index in [1.165, 1.54) is 115 Å². The van der Waals surface area contributed by atoms with Crippen LogP contribution in [-0.4, -0.2) is 27.5 Å². The number of thiophene rings is 4. The third-order valence-corrected chi connectivity index (χ3v) is 17.0. The molecule has 55 heavy (non-hydrogen) atoms. The molecular formula is C43H44N6S6. The predicted molar refractivity (Wildman–Crippen MR) is 239 cm³/mol. The Morgan fingerprint density at radius 1 is 0.582 bits per heavy atom. The molecule has 0 aromatic carbocycles. The summed E-state index contributed by atoms with van der Waals surface area (Å²) in [4.78, 5) is 17.9. The highest BCUT2D eigenvalue weighted by Crippen LogP contribution is 2.63. The van der Waals surface area contributed by atoms with Crippen molar-refractivity contribution in [2.45, 2.75) is 97.3 Å². The molecule has 8 aromatic heterocycles. The predicted octanol–water partition coefficient (Wildman–Crippen LogP) is 14.9. The summed E-state index contributed by atoms with van der Waals surface area (Å²) >= 11 is 9.83. The molecule has 0 fully saturated rings. The van der Waals surface area contributed by atoms with E-state index < -0.39 is 0 Å². The van der Waals surface area contributed by atoms with Gasteiger partial charge in [-0.1, -0.05) is 91.2 Å². The Balaban J connectivity index is 1.24. The lowest BCUT2D eigenvalue weighted by Gasteiger charge is -2.37. The van der Waals surface area contributed by atoms with E-state index in [4.69, 9.17) is 27.5 Å². The van der Waals surface area contributed by atoms with E-state index in [0.29, 0.717) is 11.8 Å². The molecule has 282 valence electrons. The van der Waals surface area contributed by atoms with Crippen LogP contribution in [-0.2, 0) is 5.41 Å². The summed E-state index contributed by atoms with van der Waals surface area (Å²) < 4.78 is 19.4. The quantitative estimate of drug-likeness (QED) is 0.0965. The normalized spacial score (nSPS) is 14.5. The van der Waals surface area contributed by atoms with Crippen LogP contribution in [0.1, 0.15) is 103 Å². The monoisotopic (exact) mass is 836 g/mol. The topological polar surface area (TPSA) is 77.3 Å². The third-order valence-electron chi connectivity index (χ3n) is 11.7. The Morgan fingerprint density at radius 3 is 1.44 bits per heavy atom. The lowest BCUT2D eigenvalue weighted by atomic mass is 9.65. The molecule has 9 rings (SSSR count). The number of fused-ring (bicyclic) bond motifs is 5. The summed E-state index contributed by atoms with van der Waals surface area (Å²) in [5, 5.41) is 4.23. The van der Waals surface area contributed by atoms with Crippen molar-refractivity contribution in [2.24, 2.45) is 11.8 Å². The van der Waals surface area contributed by atoms with Crippen LogP contribution in [0, 0.1) is 11.8 Å². The first-order chi connectivity index (χ1) is 27.1. The molecule has 0 bridgehead atoms. The van der Waals surface area contributed by atoms with Gasteiger partial charge in [-0.3, -0.25) is 9.97 Å². The van der Waals surface area contributed by atoms with Crippen LogP contribution in [0.3, 0.4) is 0 Å². The van der Waals surface area contributed by atoms with Crippen LogP contribution < -0.4 is 0 Å². The summed E-state index contributed by atoms with van der Waals surface area (Å²) in [6.45, 7) is 9.48. The van der Waals surface area contributed by atoms with Gasteiger partial charge in [0.1, 0.15) is 33.5 Å². The zero-order valence-corrected chi connectivity index (χ0v) is 36.5. The van der Waals surface area contributed by atoms with Crippen molar-refractivity contribution >= 4 is 90.9 Å². The Morgan fingerprint density at radius 2 is 1.04 bits per heavy atom. The van der Waals surface area contributed by atoms with Gasteiger partial charge in [0, 0.05) is 48.4 Å². The maximum absolute atomic E-state index is 5.17. The molecule has 0 radical (unpaired) electrons. The molecule has 0 amide bonds. The lowest BCUT2D eigenvalue weighted by molar-refractivity contribution is 0.266. The van der Waals surface area contributed by atoms with Gasteiger partial charge in [0.2, 0.25) is 0 Å². The summed E-state index contributed by atoms with van der Waals surface area (Å²) in [6, 6.07) is 13.5. The molecule has 8 aromatic rings. The van der Waals surface area contributed by atoms with Crippen molar-refractivity contribution in [3.8, 4) is 51.8 Å². The number of pyridine rings is 2. The van der Waals surface area contributed by atoms with Crippen molar-refractivity contribution in [1.29, 1.82) is 0 Å². The van der Waals surface area contributed by atoms with Gasteiger partial charge >= 0.3 is 0 Å². The molecule has 2 unspecified atom stereocenters. The summed E-state index contributed by atoms with van der Waals surface area (Å²) in [5.74, 6) is 1.29. The van der Waals surface area contributed by atoms with Crippen LogP contribution in [0.15, 0.2) is 59.6 Å². The number of unbranched alkanes of at least 4 members (excludes halogenated alkanes) is 2. The second-order valence-electron chi connectivity index (χ2n) is 14.9. The maximum atomic E-state index is 5.17. The van der Waals surface area contributed by atoms with Crippen molar-refractivity contribution < 1.29 is 0 Å². The number of nitrogens with zero attached hydrogens (tertiary/aromatic N) is 6. The average molecular weight is 837 g/mol. The molecule has 8 heterocycles. The highest BCUT2D eigenvalue weighted by Gasteiger charge is 2.48. The van der Waals surface area contributed by atoms with E-state index in [2.05, 4.69) is 74.9 Å². The summed E-state index contributed by atoms with van der Waals surface area (Å²) in [6.07, 6.45) is 16.3. The first-order valence-electron chi connectivity index (χ1n) is 19.7. The molecule has 1 aliphatic rings. The number of hydrogen-bond donors (Lipinski definition) is 0. The molecule has 0 saturated carbocycles. The Kier molecular flexibility index (Phi) is 10.8. The van der Waals surface area contributed by atoms with Crippen LogP contribution >= 0.6 is 68.8 Å². The van der Waals surface area contributed by atoms with Crippen LogP contribution in [0.2, 0.25) is 0 Å². The van der Waals surface area contributed by atoms with Gasteiger partial charge in [0.05, 0.1) is 33.2 Å². The van der Waals surface area contributed by atoms with Crippen molar-refractivity contribution in [3.63, 3.8) is 0 Å². The van der Waals surface area contributed by atoms with E-state index in [1.54, 1.807) is 22.7 Å². The largest absolute Gasteiger partial charge is 0.252 e. The minimum Gasteiger partial charge on any atom is -0.252 e. The highest BCUT2D eigenvalue weighted by atomic mass is 32.1. The number of rotatable bonds is 16. The van der Waals surface area contributed by atoms with E-state index >= 15 is 0 Å². The molecule has 6 nitrogen and oxygen atoms in total. The van der Waals surface area contributed by atoms with Crippen LogP contribution in [0.5, 0.6) is 0 Å². The average Bonchev–Trinajstić information content (AvgIpc) is 4.06. The molecule has 12 heteroatoms. The van der Waals surface area contributed by atoms with E-state index in [0.717, 1.165) is 57.4 Å². The standard InChI is InChI=1S/C43H44N6S6/c1-5-9-13-25(7-3)21-43(22-26(8-4)14-10-6-2)29-19-33(37-39-35(46-54-48-39)27(23-44-37)31-15-11-17-50-31)52-41(29)42-30(43)20-34(53-42)38-40-36(47-55-49-40)28(24-45-38)32-16-12-18-51-32/h11-12,15-20,23-26H,5-10,13-14,21-22H2,1-4H3. The fraction of sp³-hybridized carbons (Fsp3) is 0.395. The van der Waals surface area contributed by atoms with Crippen LogP contribution in [0.4, 0.5) is 0 Å². The van der Waals surface area contributed by atoms with Gasteiger partial charge < -0.3 is 0 Å². The molecular weight excluding hydrogens is 793 g/mol. The van der Waals surface area contributed by atoms with Crippen LogP contribution in [0.25, 0.3) is 73.8 Å². The van der Waals surface area contributed by atoms with Crippen molar-refractivity contribution in [3.05, 3.63) is 70.7 Å². The number of hydrogen-bond acceptors (Lipinski definition) is 12. The fourth-order valence-corrected chi connectivity index (χ4v) is 14.0. The molecule has 1 aliphatic carbocycles. The molecule has 0 N–H and O–H groups in total. The van der Waals surface area contributed by atoms with Crippen molar-refractivity contribution in [2.75, 3.05) is 0 Å². The third kappa shape index (κ3) is 6.64. The minimum atomic E-state index is -0.0935. The smallest absolute Gasteiger partial charge is 0.132 e. The van der Waals surface area contributed by atoms with Gasteiger partial charge in [-0.15, -0.1) is 45.3 Å². The Labute approximate surface area is 347 Å². The Hall–Kier alpha value is -3.26. The SMILES string of the molecule is CCCCC(CC)CC1(CC(CC)CCCC)c2cc(-c3ncc(-c4cccs4)c4nsnc34)sc2-c2sc(-c3ncc(-c4cccs4)c4nsnc34)cc21. The fourth-order valence-electron chi connectivity index (χ4n) is 8.73. The van der Waals surface area contributed by atoms with Crippen molar-refractivity contribution in [1.82, 2.24) is 27.5 Å². The zero-order valence-electron chi connectivity index (χ0n) is 31.6. The molecule has 0 spiro atoms. The van der Waals surface area contributed by atoms with E-state index in [-0.39, 0.29) is 5.41 Å².